The number of hydrogen-bond donors (Lipinski definition) is 0. The van der Waals surface area contributed by atoms with E-state index in [4.69, 9.17) is 5.73 Å². The first-order chi connectivity index (χ1) is 3.27. The normalized spacial score (nSPS) is 8.71. The lowest BCUT2D eigenvalue weighted by molar-refractivity contribution is -0.122. The van der Waals surface area contributed by atoms with E-state index in [0.29, 0.717) is 6.61 Å². The Morgan fingerprint density at radius 2 is 2.43 bits per heavy atom. The molecule has 0 spiro atoms. The quantitative estimate of drug-likeness (QED) is 0.496. The number of carbonyl (C=O) groups excluding carboxylic acids is 1. The molecular weight excluding hydrogens is 94.0 g/mol. The molecule has 1 radical (unpaired) electrons. The predicted molar refractivity (Wildman–Crippen MR) is 24.6 cm³/mol. The van der Waals surface area contributed by atoms with Crippen LogP contribution in [0.5, 0.6) is 0 Å². The molecule has 1 N–H and O–H groups in total. The zero-order valence-electron chi connectivity index (χ0n) is 4.23. The van der Waals surface area contributed by atoms with Crippen molar-refractivity contribution in [1.82, 2.24) is 5.73 Å². The number of amides is 1. The molecule has 0 atom stereocenters. The minimum absolute atomic E-state index is 0.0729. The predicted octanol–water partition coefficient (Wildman–Crippen LogP) is -0.168. The number of carbonyl (C=O) groups is 1. The summed E-state index contributed by atoms with van der Waals surface area (Å²) in [6.07, 6.45) is 0. The molecule has 3 heteroatoms. The summed E-state index contributed by atoms with van der Waals surface area (Å²) < 4.78 is 4.56. The monoisotopic (exact) mass is 102 g/mol. The summed E-state index contributed by atoms with van der Waals surface area (Å²) in [7, 11) is 0. The second kappa shape index (κ2) is 3.61. The van der Waals surface area contributed by atoms with E-state index in [1.165, 1.54) is 0 Å². The molecule has 0 saturated heterocycles. The Labute approximate surface area is 42.4 Å². The highest BCUT2D eigenvalue weighted by molar-refractivity contribution is 5.74. The van der Waals surface area contributed by atoms with Gasteiger partial charge in [0.2, 0.25) is 0 Å². The van der Waals surface area contributed by atoms with Gasteiger partial charge in [-0.3, -0.25) is 10.5 Å². The molecule has 0 aliphatic carbocycles. The minimum Gasteiger partial charge on any atom is -0.372 e. The Bertz CT molecular complexity index is 62.7. The lowest BCUT2D eigenvalue weighted by Crippen LogP contribution is -2.07. The maximum atomic E-state index is 9.74. The first kappa shape index (κ1) is 6.43. The van der Waals surface area contributed by atoms with Crippen molar-refractivity contribution in [2.75, 3.05) is 13.2 Å². The molecule has 3 nitrogen and oxygen atoms in total. The highest BCUT2D eigenvalue weighted by atomic mass is 16.5. The Kier molecular flexibility index (Phi) is 3.32. The van der Waals surface area contributed by atoms with Gasteiger partial charge >= 0.3 is 0 Å². The molecule has 7 heavy (non-hydrogen) atoms. The van der Waals surface area contributed by atoms with Crippen LogP contribution >= 0.6 is 0 Å². The Morgan fingerprint density at radius 1 is 1.86 bits per heavy atom. The van der Waals surface area contributed by atoms with Crippen LogP contribution in [0, 0.1) is 0 Å². The molecule has 1 amide bonds. The van der Waals surface area contributed by atoms with E-state index >= 15 is 0 Å². The van der Waals surface area contributed by atoms with Gasteiger partial charge in [-0.1, -0.05) is 0 Å². The van der Waals surface area contributed by atoms with E-state index in [2.05, 4.69) is 4.74 Å². The summed E-state index contributed by atoms with van der Waals surface area (Å²) in [4.78, 5) is 9.74. The van der Waals surface area contributed by atoms with Crippen LogP contribution < -0.4 is 5.73 Å². The van der Waals surface area contributed by atoms with Gasteiger partial charge < -0.3 is 4.74 Å². The number of ether oxygens (including phenoxy) is 1. The highest BCUT2D eigenvalue weighted by Crippen LogP contribution is 1.68. The van der Waals surface area contributed by atoms with Gasteiger partial charge in [-0.25, -0.2) is 0 Å². The van der Waals surface area contributed by atoms with Gasteiger partial charge in [0.25, 0.3) is 5.91 Å². The molecule has 0 aliphatic heterocycles. The summed E-state index contributed by atoms with van der Waals surface area (Å²) in [6.45, 7) is 2.21. The highest BCUT2D eigenvalue weighted by Gasteiger charge is 1.89. The van der Waals surface area contributed by atoms with Gasteiger partial charge in [-0.2, -0.15) is 0 Å². The number of rotatable bonds is 3. The molecular formula is C4H8NO2. The fraction of sp³-hybridized carbons (Fsp3) is 0.750. The van der Waals surface area contributed by atoms with Crippen molar-refractivity contribution in [3.8, 4) is 0 Å². The fourth-order valence-corrected chi connectivity index (χ4v) is 0.195. The fourth-order valence-electron chi connectivity index (χ4n) is 0.195. The van der Waals surface area contributed by atoms with Crippen LogP contribution in [0.3, 0.4) is 0 Å². The van der Waals surface area contributed by atoms with Crippen molar-refractivity contribution in [2.45, 2.75) is 6.92 Å². The zero-order chi connectivity index (χ0) is 5.70. The third-order valence-corrected chi connectivity index (χ3v) is 0.437. The van der Waals surface area contributed by atoms with Crippen molar-refractivity contribution in [3.05, 3.63) is 0 Å². The minimum atomic E-state index is -0.665. The van der Waals surface area contributed by atoms with Crippen molar-refractivity contribution >= 4 is 5.91 Å². The Balaban J connectivity index is 2.82. The smallest absolute Gasteiger partial charge is 0.264 e. The summed E-state index contributed by atoms with van der Waals surface area (Å²) in [5, 5.41) is 0. The van der Waals surface area contributed by atoms with Crippen LogP contribution in [0.2, 0.25) is 0 Å². The lowest BCUT2D eigenvalue weighted by Gasteiger charge is -1.90. The molecule has 0 unspecified atom stereocenters. The molecule has 0 aromatic rings. The zero-order valence-corrected chi connectivity index (χ0v) is 4.23. The van der Waals surface area contributed by atoms with Gasteiger partial charge in [0.15, 0.2) is 0 Å². The second-order valence-corrected chi connectivity index (χ2v) is 1.06. The van der Waals surface area contributed by atoms with E-state index in [-0.39, 0.29) is 6.61 Å². The first-order valence-corrected chi connectivity index (χ1v) is 2.09. The van der Waals surface area contributed by atoms with Gasteiger partial charge in [0.1, 0.15) is 6.61 Å². The topological polar surface area (TPSA) is 50.1 Å². The average molecular weight is 102 g/mol. The molecule has 41 valence electrons. The van der Waals surface area contributed by atoms with Gasteiger partial charge in [-0.05, 0) is 6.92 Å². The Morgan fingerprint density at radius 3 is 2.57 bits per heavy atom. The standard InChI is InChI=1S/C4H8NO2/c1-2-7-3-4(5)6/h5H,2-3H2,1H3. The van der Waals surface area contributed by atoms with E-state index in [1.54, 1.807) is 6.92 Å². The van der Waals surface area contributed by atoms with Crippen LogP contribution in [-0.4, -0.2) is 19.1 Å². The molecule has 0 fully saturated rings. The van der Waals surface area contributed by atoms with E-state index in [1.807, 2.05) is 0 Å². The SMILES string of the molecule is CCOCC([NH])=O. The van der Waals surface area contributed by atoms with E-state index < -0.39 is 5.91 Å². The molecule has 0 heterocycles. The average Bonchev–Trinajstić information content (AvgIpc) is 1.61. The molecule has 0 aromatic carbocycles. The van der Waals surface area contributed by atoms with Crippen LogP contribution in [0.25, 0.3) is 0 Å². The summed E-state index contributed by atoms with van der Waals surface area (Å²) in [5.74, 6) is -0.665. The number of hydrogen-bond acceptors (Lipinski definition) is 2. The third kappa shape index (κ3) is 5.43. The summed E-state index contributed by atoms with van der Waals surface area (Å²) >= 11 is 0. The summed E-state index contributed by atoms with van der Waals surface area (Å²) in [6, 6.07) is 0. The van der Waals surface area contributed by atoms with Crippen LogP contribution in [-0.2, 0) is 9.53 Å². The first-order valence-electron chi connectivity index (χ1n) is 2.09. The number of nitrogens with one attached hydrogen (secondary N) is 1. The largest absolute Gasteiger partial charge is 0.372 e. The lowest BCUT2D eigenvalue weighted by atomic mass is 10.7. The Hall–Kier alpha value is -0.570. The molecule has 0 saturated carbocycles. The van der Waals surface area contributed by atoms with Crippen molar-refractivity contribution in [1.29, 1.82) is 0 Å². The molecule has 0 aromatic heterocycles. The molecule has 0 aliphatic rings. The van der Waals surface area contributed by atoms with E-state index in [9.17, 15) is 4.79 Å². The second-order valence-electron chi connectivity index (χ2n) is 1.06. The van der Waals surface area contributed by atoms with Crippen molar-refractivity contribution < 1.29 is 9.53 Å². The van der Waals surface area contributed by atoms with Crippen LogP contribution in [0.4, 0.5) is 0 Å². The van der Waals surface area contributed by atoms with Crippen molar-refractivity contribution in [3.63, 3.8) is 0 Å². The third-order valence-electron chi connectivity index (χ3n) is 0.437. The van der Waals surface area contributed by atoms with E-state index in [0.717, 1.165) is 0 Å². The maximum Gasteiger partial charge on any atom is 0.264 e. The summed E-state index contributed by atoms with van der Waals surface area (Å²) in [5.41, 5.74) is 6.32. The van der Waals surface area contributed by atoms with Crippen LogP contribution in [0.1, 0.15) is 6.92 Å². The maximum absolute atomic E-state index is 9.74. The van der Waals surface area contributed by atoms with Gasteiger partial charge in [0, 0.05) is 6.61 Å². The van der Waals surface area contributed by atoms with Crippen LogP contribution in [0.15, 0.2) is 0 Å². The van der Waals surface area contributed by atoms with Gasteiger partial charge in [0.05, 0.1) is 0 Å². The molecule has 0 bridgehead atoms. The van der Waals surface area contributed by atoms with Gasteiger partial charge in [-0.15, -0.1) is 0 Å². The van der Waals surface area contributed by atoms with Crippen molar-refractivity contribution in [2.24, 2.45) is 0 Å². The molecule has 0 rings (SSSR count).